The fraction of sp³-hybridized carbons (Fsp3) is 0. The molecule has 0 radical (unpaired) electrons. The van der Waals surface area contributed by atoms with Crippen LogP contribution in [0.15, 0.2) is 205 Å². The van der Waals surface area contributed by atoms with Crippen molar-refractivity contribution in [2.45, 2.75) is 0 Å². The summed E-state index contributed by atoms with van der Waals surface area (Å²) in [6.07, 6.45) is 0. The van der Waals surface area contributed by atoms with Crippen molar-refractivity contribution >= 4 is 60.5 Å². The highest BCUT2D eigenvalue weighted by atomic mass is 16.3. The highest BCUT2D eigenvalue weighted by molar-refractivity contribution is 6.18. The van der Waals surface area contributed by atoms with Gasteiger partial charge in [0.05, 0.1) is 0 Å². The van der Waals surface area contributed by atoms with E-state index < -0.39 is 0 Å². The molecule has 0 saturated carbocycles. The molecule has 244 valence electrons. The number of hydrogen-bond donors (Lipinski definition) is 0. The lowest BCUT2D eigenvalue weighted by Gasteiger charge is -2.26. The smallest absolute Gasteiger partial charge is 0.143 e. The van der Waals surface area contributed by atoms with Crippen LogP contribution in [0.3, 0.4) is 0 Å². The van der Waals surface area contributed by atoms with E-state index in [0.29, 0.717) is 0 Å². The summed E-state index contributed by atoms with van der Waals surface area (Å²) in [7, 11) is 0. The first-order valence-corrected chi connectivity index (χ1v) is 17.8. The summed E-state index contributed by atoms with van der Waals surface area (Å²) < 4.78 is 6.94. The minimum Gasteiger partial charge on any atom is -0.455 e. The second-order valence-electron chi connectivity index (χ2n) is 13.4. The van der Waals surface area contributed by atoms with E-state index in [2.05, 4.69) is 205 Å². The van der Waals surface area contributed by atoms with Gasteiger partial charge in [0.15, 0.2) is 0 Å². The van der Waals surface area contributed by atoms with Crippen molar-refractivity contribution in [3.8, 4) is 33.4 Å². The molecule has 0 amide bonds. The second-order valence-corrected chi connectivity index (χ2v) is 13.4. The second kappa shape index (κ2) is 12.5. The normalized spacial score (nSPS) is 11.5. The Morgan fingerprint density at radius 3 is 1.54 bits per heavy atom. The summed E-state index contributed by atoms with van der Waals surface area (Å²) >= 11 is 0. The van der Waals surface area contributed by atoms with Crippen molar-refractivity contribution in [1.29, 1.82) is 0 Å². The van der Waals surface area contributed by atoms with Crippen LogP contribution >= 0.6 is 0 Å². The third-order valence-electron chi connectivity index (χ3n) is 10.2. The maximum atomic E-state index is 6.94. The van der Waals surface area contributed by atoms with Crippen LogP contribution < -0.4 is 4.90 Å². The molecule has 0 N–H and O–H groups in total. The molecule has 0 aliphatic carbocycles. The summed E-state index contributed by atoms with van der Waals surface area (Å²) in [4.78, 5) is 2.33. The largest absolute Gasteiger partial charge is 0.455 e. The Morgan fingerprint density at radius 1 is 0.308 bits per heavy atom. The predicted molar refractivity (Wildman–Crippen MR) is 220 cm³/mol. The number of benzene rings is 9. The summed E-state index contributed by atoms with van der Waals surface area (Å²) in [5.74, 6) is 0. The maximum Gasteiger partial charge on any atom is 0.143 e. The van der Waals surface area contributed by atoms with Gasteiger partial charge in [-0.15, -0.1) is 0 Å². The summed E-state index contributed by atoms with van der Waals surface area (Å²) in [5.41, 5.74) is 12.0. The third-order valence-corrected chi connectivity index (χ3v) is 10.2. The molecule has 2 nitrogen and oxygen atoms in total. The van der Waals surface area contributed by atoms with Gasteiger partial charge in [-0.2, -0.15) is 0 Å². The standard InChI is InChI=1S/C50H33NO/c1-3-11-34(12-4-1)37-19-21-39(22-20-37)49-45-18-10-9-17-41(45)32-47-46-30-29-44(33-48(46)52-50(47)49)51(43-28-25-36-15-7-8-16-40(36)31-43)42-26-23-38(24-27-42)35-13-5-2-6-14-35/h1-33H. The topological polar surface area (TPSA) is 16.4 Å². The number of rotatable bonds is 6. The van der Waals surface area contributed by atoms with E-state index in [1.165, 1.54) is 43.8 Å². The van der Waals surface area contributed by atoms with Crippen LogP contribution in [-0.4, -0.2) is 0 Å². The van der Waals surface area contributed by atoms with Gasteiger partial charge < -0.3 is 9.32 Å². The summed E-state index contributed by atoms with van der Waals surface area (Å²) in [6.45, 7) is 0. The van der Waals surface area contributed by atoms with Crippen molar-refractivity contribution in [1.82, 2.24) is 0 Å². The molecule has 52 heavy (non-hydrogen) atoms. The van der Waals surface area contributed by atoms with Crippen LogP contribution in [0.2, 0.25) is 0 Å². The van der Waals surface area contributed by atoms with Gasteiger partial charge in [0.2, 0.25) is 0 Å². The van der Waals surface area contributed by atoms with Gasteiger partial charge in [-0.25, -0.2) is 0 Å². The van der Waals surface area contributed by atoms with Crippen molar-refractivity contribution in [3.63, 3.8) is 0 Å². The minimum atomic E-state index is 0.858. The molecule has 1 aromatic heterocycles. The van der Waals surface area contributed by atoms with E-state index in [1.807, 2.05) is 0 Å². The van der Waals surface area contributed by atoms with Gasteiger partial charge in [-0.05, 0) is 91.8 Å². The van der Waals surface area contributed by atoms with Crippen LogP contribution in [0.5, 0.6) is 0 Å². The molecule has 1 heterocycles. The Balaban J connectivity index is 1.14. The average molecular weight is 664 g/mol. The van der Waals surface area contributed by atoms with Gasteiger partial charge in [-0.3, -0.25) is 0 Å². The Morgan fingerprint density at radius 2 is 0.827 bits per heavy atom. The van der Waals surface area contributed by atoms with E-state index in [9.17, 15) is 0 Å². The molecule has 0 spiro atoms. The first-order chi connectivity index (χ1) is 25.8. The number of fused-ring (bicyclic) bond motifs is 5. The van der Waals surface area contributed by atoms with E-state index in [-0.39, 0.29) is 0 Å². The average Bonchev–Trinajstić information content (AvgIpc) is 3.58. The van der Waals surface area contributed by atoms with Gasteiger partial charge in [0.25, 0.3) is 0 Å². The van der Waals surface area contributed by atoms with Crippen molar-refractivity contribution in [2.24, 2.45) is 0 Å². The van der Waals surface area contributed by atoms with Gasteiger partial charge in [-0.1, -0.05) is 152 Å². The molecule has 2 heteroatoms. The van der Waals surface area contributed by atoms with Crippen molar-refractivity contribution in [2.75, 3.05) is 4.90 Å². The molecule has 0 aliphatic rings. The van der Waals surface area contributed by atoms with Crippen LogP contribution in [0, 0.1) is 0 Å². The highest BCUT2D eigenvalue weighted by Crippen LogP contribution is 2.44. The molecular weight excluding hydrogens is 631 g/mol. The zero-order valence-electron chi connectivity index (χ0n) is 28.4. The first-order valence-electron chi connectivity index (χ1n) is 17.8. The summed E-state index contributed by atoms with van der Waals surface area (Å²) in [5, 5.41) is 7.01. The van der Waals surface area contributed by atoms with Crippen molar-refractivity contribution in [3.05, 3.63) is 200 Å². The van der Waals surface area contributed by atoms with E-state index >= 15 is 0 Å². The summed E-state index contributed by atoms with van der Waals surface area (Å²) in [6, 6.07) is 71.5. The minimum absolute atomic E-state index is 0.858. The molecule has 0 saturated heterocycles. The van der Waals surface area contributed by atoms with Crippen LogP contribution in [-0.2, 0) is 0 Å². The third kappa shape index (κ3) is 5.21. The molecule has 10 aromatic rings. The van der Waals surface area contributed by atoms with Gasteiger partial charge in [0.1, 0.15) is 11.2 Å². The first kappa shape index (κ1) is 30.0. The Bertz CT molecular complexity index is 2870. The van der Waals surface area contributed by atoms with E-state index in [1.54, 1.807) is 0 Å². The predicted octanol–water partition coefficient (Wildman–Crippen LogP) is 14.4. The lowest BCUT2D eigenvalue weighted by Crippen LogP contribution is -2.09. The molecule has 10 rings (SSSR count). The van der Waals surface area contributed by atoms with Crippen LogP contribution in [0.1, 0.15) is 0 Å². The number of anilines is 3. The number of hydrogen-bond acceptors (Lipinski definition) is 2. The molecule has 0 aliphatic heterocycles. The molecular formula is C50H33NO. The molecule has 9 aromatic carbocycles. The molecule has 0 atom stereocenters. The fourth-order valence-electron chi connectivity index (χ4n) is 7.64. The monoisotopic (exact) mass is 663 g/mol. The number of furan rings is 1. The Kier molecular flexibility index (Phi) is 7.18. The maximum absolute atomic E-state index is 6.94. The Hall–Kier alpha value is -6.90. The Labute approximate surface area is 302 Å². The fourth-order valence-corrected chi connectivity index (χ4v) is 7.64. The van der Waals surface area contributed by atoms with E-state index in [4.69, 9.17) is 4.42 Å². The lowest BCUT2D eigenvalue weighted by molar-refractivity contribution is 0.670. The van der Waals surface area contributed by atoms with Gasteiger partial charge in [0, 0.05) is 39.5 Å². The quantitative estimate of drug-likeness (QED) is 0.176. The molecule has 0 bridgehead atoms. The zero-order chi connectivity index (χ0) is 34.4. The SMILES string of the molecule is c1ccc(-c2ccc(-c3c4ccccc4cc4c3oc3cc(N(c5ccc(-c6ccccc6)cc5)c5ccc6ccccc6c5)ccc34)cc2)cc1. The molecule has 0 fully saturated rings. The number of nitrogens with zero attached hydrogens (tertiary/aromatic N) is 1. The highest BCUT2D eigenvalue weighted by Gasteiger charge is 2.20. The lowest BCUT2D eigenvalue weighted by atomic mass is 9.94. The molecule has 0 unspecified atom stereocenters. The zero-order valence-corrected chi connectivity index (χ0v) is 28.4. The van der Waals surface area contributed by atoms with Gasteiger partial charge >= 0.3 is 0 Å². The van der Waals surface area contributed by atoms with Crippen LogP contribution in [0.4, 0.5) is 17.1 Å². The van der Waals surface area contributed by atoms with Crippen LogP contribution in [0.25, 0.3) is 76.9 Å². The van der Waals surface area contributed by atoms with Crippen molar-refractivity contribution < 1.29 is 4.42 Å². The van der Waals surface area contributed by atoms with E-state index in [0.717, 1.165) is 50.1 Å².